The van der Waals surface area contributed by atoms with Crippen molar-refractivity contribution < 1.29 is 28.6 Å². The number of hydrogen-bond donors (Lipinski definition) is 1. The van der Waals surface area contributed by atoms with Gasteiger partial charge in [0.15, 0.2) is 24.2 Å². The Labute approximate surface area is 121 Å². The molecular formula is C14H16FNO5. The highest BCUT2D eigenvalue weighted by Crippen LogP contribution is 2.18. The van der Waals surface area contributed by atoms with Crippen LogP contribution in [-0.4, -0.2) is 54.3 Å². The summed E-state index contributed by atoms with van der Waals surface area (Å²) < 4.78 is 23.7. The molecule has 114 valence electrons. The summed E-state index contributed by atoms with van der Waals surface area (Å²) in [5.41, 5.74) is 0.800. The van der Waals surface area contributed by atoms with E-state index in [-0.39, 0.29) is 25.5 Å². The molecule has 6 nitrogen and oxygen atoms in total. The first-order chi connectivity index (χ1) is 9.99. The Kier molecular flexibility index (Phi) is 4.74. The molecule has 1 atom stereocenters. The lowest BCUT2D eigenvalue weighted by atomic mass is 10.2. The zero-order valence-corrected chi connectivity index (χ0v) is 11.5. The van der Waals surface area contributed by atoms with E-state index in [2.05, 4.69) is 0 Å². The molecule has 0 radical (unpaired) electrons. The molecule has 1 amide bonds. The molecule has 0 spiro atoms. The standard InChI is InChI=1S/C14H16FNO5/c1-9-2-3-10(15)12(6-9)21-8-13(17)16-4-5-20-7-11(16)14(18)19/h2-3,6,11H,4-5,7-8H2,1H3,(H,18,19). The molecular weight excluding hydrogens is 281 g/mol. The fourth-order valence-electron chi connectivity index (χ4n) is 2.05. The van der Waals surface area contributed by atoms with Gasteiger partial charge in [0.25, 0.3) is 5.91 Å². The molecule has 0 bridgehead atoms. The normalized spacial score (nSPS) is 18.4. The molecule has 2 rings (SSSR count). The Hall–Kier alpha value is -2.15. The van der Waals surface area contributed by atoms with Crippen molar-refractivity contribution in [3.05, 3.63) is 29.6 Å². The molecule has 1 saturated heterocycles. The summed E-state index contributed by atoms with van der Waals surface area (Å²) in [5.74, 6) is -2.23. The van der Waals surface area contributed by atoms with E-state index in [1.54, 1.807) is 13.0 Å². The van der Waals surface area contributed by atoms with Crippen LogP contribution in [-0.2, 0) is 14.3 Å². The Bertz CT molecular complexity index is 548. The smallest absolute Gasteiger partial charge is 0.328 e. The summed E-state index contributed by atoms with van der Waals surface area (Å²) in [6, 6.07) is 3.30. The van der Waals surface area contributed by atoms with Gasteiger partial charge in [-0.25, -0.2) is 9.18 Å². The summed E-state index contributed by atoms with van der Waals surface area (Å²) in [6.07, 6.45) is 0. The van der Waals surface area contributed by atoms with E-state index >= 15 is 0 Å². The van der Waals surface area contributed by atoms with Crippen LogP contribution in [0.25, 0.3) is 0 Å². The number of amides is 1. The third-order valence-corrected chi connectivity index (χ3v) is 3.17. The second kappa shape index (κ2) is 6.53. The minimum Gasteiger partial charge on any atom is -0.481 e. The molecule has 1 heterocycles. The number of rotatable bonds is 4. The Balaban J connectivity index is 2.00. The monoisotopic (exact) mass is 297 g/mol. The number of hydrogen-bond acceptors (Lipinski definition) is 4. The minimum atomic E-state index is -1.13. The van der Waals surface area contributed by atoms with Crippen molar-refractivity contribution in [3.8, 4) is 5.75 Å². The van der Waals surface area contributed by atoms with Crippen LogP contribution in [0.1, 0.15) is 5.56 Å². The molecule has 0 aliphatic carbocycles. The lowest BCUT2D eigenvalue weighted by Gasteiger charge is -2.32. The van der Waals surface area contributed by atoms with Crippen molar-refractivity contribution in [1.29, 1.82) is 0 Å². The van der Waals surface area contributed by atoms with Crippen molar-refractivity contribution in [2.24, 2.45) is 0 Å². The van der Waals surface area contributed by atoms with E-state index in [9.17, 15) is 14.0 Å². The number of carboxylic acids is 1. The van der Waals surface area contributed by atoms with E-state index < -0.39 is 30.3 Å². The zero-order chi connectivity index (χ0) is 15.4. The van der Waals surface area contributed by atoms with Crippen LogP contribution < -0.4 is 4.74 Å². The van der Waals surface area contributed by atoms with E-state index in [0.29, 0.717) is 0 Å². The van der Waals surface area contributed by atoms with Crippen molar-refractivity contribution >= 4 is 11.9 Å². The maximum Gasteiger partial charge on any atom is 0.328 e. The van der Waals surface area contributed by atoms with Crippen LogP contribution in [0.5, 0.6) is 5.75 Å². The maximum atomic E-state index is 13.5. The number of ether oxygens (including phenoxy) is 2. The number of benzene rings is 1. The first kappa shape index (κ1) is 15.2. The summed E-state index contributed by atoms with van der Waals surface area (Å²) in [4.78, 5) is 24.3. The van der Waals surface area contributed by atoms with Gasteiger partial charge >= 0.3 is 5.97 Å². The Morgan fingerprint density at radius 1 is 1.52 bits per heavy atom. The number of carbonyl (C=O) groups is 2. The second-order valence-corrected chi connectivity index (χ2v) is 4.74. The molecule has 1 aliphatic heterocycles. The predicted octanol–water partition coefficient (Wildman–Crippen LogP) is 0.825. The second-order valence-electron chi connectivity index (χ2n) is 4.74. The molecule has 1 aliphatic rings. The van der Waals surface area contributed by atoms with Crippen LogP contribution in [0.4, 0.5) is 4.39 Å². The number of aryl methyl sites for hydroxylation is 1. The molecule has 0 saturated carbocycles. The number of morpholine rings is 1. The van der Waals surface area contributed by atoms with Gasteiger partial charge in [0, 0.05) is 6.54 Å². The number of carboxylic acid groups (broad SMARTS) is 1. The molecule has 1 fully saturated rings. The van der Waals surface area contributed by atoms with Gasteiger partial charge in [0.2, 0.25) is 0 Å². The van der Waals surface area contributed by atoms with Gasteiger partial charge in [-0.1, -0.05) is 6.07 Å². The maximum absolute atomic E-state index is 13.5. The lowest BCUT2D eigenvalue weighted by molar-refractivity contribution is -0.159. The molecule has 7 heteroatoms. The Morgan fingerprint density at radius 3 is 3.00 bits per heavy atom. The van der Waals surface area contributed by atoms with Gasteiger partial charge in [-0.3, -0.25) is 4.79 Å². The number of nitrogens with zero attached hydrogens (tertiary/aromatic N) is 1. The van der Waals surface area contributed by atoms with Crippen LogP contribution in [0.2, 0.25) is 0 Å². The fourth-order valence-corrected chi connectivity index (χ4v) is 2.05. The first-order valence-electron chi connectivity index (χ1n) is 6.48. The largest absolute Gasteiger partial charge is 0.481 e. The van der Waals surface area contributed by atoms with Crippen LogP contribution in [0, 0.1) is 12.7 Å². The third-order valence-electron chi connectivity index (χ3n) is 3.17. The quantitative estimate of drug-likeness (QED) is 0.890. The van der Waals surface area contributed by atoms with Crippen molar-refractivity contribution in [2.45, 2.75) is 13.0 Å². The summed E-state index contributed by atoms with van der Waals surface area (Å²) in [6.45, 7) is 1.75. The van der Waals surface area contributed by atoms with E-state index in [1.807, 2.05) is 0 Å². The molecule has 1 aromatic carbocycles. The third kappa shape index (κ3) is 3.69. The van der Waals surface area contributed by atoms with E-state index in [4.69, 9.17) is 14.6 Å². The first-order valence-corrected chi connectivity index (χ1v) is 6.48. The highest BCUT2D eigenvalue weighted by molar-refractivity contribution is 5.84. The molecule has 1 unspecified atom stereocenters. The van der Waals surface area contributed by atoms with Gasteiger partial charge in [-0.05, 0) is 24.6 Å². The predicted molar refractivity (Wildman–Crippen MR) is 70.6 cm³/mol. The minimum absolute atomic E-state index is 0.0246. The molecule has 0 aromatic heterocycles. The summed E-state index contributed by atoms with van der Waals surface area (Å²) in [7, 11) is 0. The average molecular weight is 297 g/mol. The van der Waals surface area contributed by atoms with Crippen LogP contribution in [0.3, 0.4) is 0 Å². The summed E-state index contributed by atoms with van der Waals surface area (Å²) in [5, 5.41) is 9.05. The zero-order valence-electron chi connectivity index (χ0n) is 11.5. The van der Waals surface area contributed by atoms with Crippen molar-refractivity contribution in [3.63, 3.8) is 0 Å². The highest BCUT2D eigenvalue weighted by Gasteiger charge is 2.32. The summed E-state index contributed by atoms with van der Waals surface area (Å²) >= 11 is 0. The highest BCUT2D eigenvalue weighted by atomic mass is 19.1. The van der Waals surface area contributed by atoms with Crippen LogP contribution >= 0.6 is 0 Å². The van der Waals surface area contributed by atoms with E-state index in [1.165, 1.54) is 17.0 Å². The topological polar surface area (TPSA) is 76.1 Å². The molecule has 21 heavy (non-hydrogen) atoms. The number of halogens is 1. The average Bonchev–Trinajstić information content (AvgIpc) is 2.47. The van der Waals surface area contributed by atoms with Crippen molar-refractivity contribution in [1.82, 2.24) is 4.90 Å². The van der Waals surface area contributed by atoms with Gasteiger partial charge < -0.3 is 19.5 Å². The van der Waals surface area contributed by atoms with Gasteiger partial charge in [0.05, 0.1) is 13.2 Å². The Morgan fingerprint density at radius 2 is 2.29 bits per heavy atom. The fraction of sp³-hybridized carbons (Fsp3) is 0.429. The van der Waals surface area contributed by atoms with Crippen molar-refractivity contribution in [2.75, 3.05) is 26.4 Å². The molecule has 1 aromatic rings. The molecule has 1 N–H and O–H groups in total. The van der Waals surface area contributed by atoms with Crippen LogP contribution in [0.15, 0.2) is 18.2 Å². The lowest BCUT2D eigenvalue weighted by Crippen LogP contribution is -2.53. The number of carbonyl (C=O) groups excluding carboxylic acids is 1. The van der Waals surface area contributed by atoms with Gasteiger partial charge in [-0.15, -0.1) is 0 Å². The number of aliphatic carboxylic acids is 1. The van der Waals surface area contributed by atoms with Gasteiger partial charge in [-0.2, -0.15) is 0 Å². The SMILES string of the molecule is Cc1ccc(F)c(OCC(=O)N2CCOCC2C(=O)O)c1. The van der Waals surface area contributed by atoms with Gasteiger partial charge in [0.1, 0.15) is 0 Å². The van der Waals surface area contributed by atoms with E-state index in [0.717, 1.165) is 5.56 Å².